The minimum absolute atomic E-state index is 0.0752. The molecule has 1 unspecified atom stereocenters. The lowest BCUT2D eigenvalue weighted by Gasteiger charge is -2.49. The zero-order valence-electron chi connectivity index (χ0n) is 22.0. The summed E-state index contributed by atoms with van der Waals surface area (Å²) in [4.78, 5) is 74.1. The lowest BCUT2D eigenvalue weighted by molar-refractivity contribution is -0.173. The Balaban J connectivity index is 1.52. The number of nitrogen functional groups attached to an aromatic ring is 1. The number of carbonyl (C=O) groups excluding carboxylic acids is 5. The molecular formula is C23H27N5O9S3. The van der Waals surface area contributed by atoms with Crippen molar-refractivity contribution in [2.24, 2.45) is 10.6 Å². The number of fused-ring (bicyclic) bond motifs is 1. The standard InChI is InChI=1S/C23H27N5O9S3/c1-23(2,3)21(33)37-9-36-20(32)15-12(40-11-5-6-35-19(11)31)8-38-18-14(17(30)28(15)18)26-16(29)13(27-34-4)10-7-39-22(24)25-10/h7,11,14,18H,5-6,8-9H2,1-4H3,(H2,24,25)(H,26,29)/b27-13-/t11?,14-,18+/m1/s1. The van der Waals surface area contributed by atoms with Crippen LogP contribution in [0.1, 0.15) is 32.9 Å². The van der Waals surface area contributed by atoms with Crippen LogP contribution in [-0.4, -0.2) is 88.2 Å². The van der Waals surface area contributed by atoms with E-state index in [2.05, 4.69) is 15.5 Å². The molecule has 3 aliphatic heterocycles. The SMILES string of the molecule is CO/N=C(\C(=O)N[C@@H]1C(=O)N2C(C(=O)OCOC(=O)C(C)(C)C)=C(SC3CCOC3=O)CS[C@@H]12)c1csc(N)n1. The van der Waals surface area contributed by atoms with E-state index in [1.807, 2.05) is 0 Å². The average Bonchev–Trinajstić information content (AvgIpc) is 3.51. The number of esters is 3. The predicted molar refractivity (Wildman–Crippen MR) is 146 cm³/mol. The number of hydrogen-bond donors (Lipinski definition) is 2. The first-order valence-electron chi connectivity index (χ1n) is 11.9. The van der Waals surface area contributed by atoms with Crippen LogP contribution < -0.4 is 11.1 Å². The molecule has 0 radical (unpaired) electrons. The molecule has 0 aromatic carbocycles. The molecule has 1 aromatic rings. The third-order valence-corrected chi connectivity index (χ3v) is 9.21. The van der Waals surface area contributed by atoms with Crippen molar-refractivity contribution in [3.05, 3.63) is 21.7 Å². The maximum atomic E-state index is 13.3. The fourth-order valence-electron chi connectivity index (χ4n) is 3.75. The number of thiazole rings is 1. The first-order chi connectivity index (χ1) is 18.9. The predicted octanol–water partition coefficient (Wildman–Crippen LogP) is 0.826. The Labute approximate surface area is 241 Å². The topological polar surface area (TPSA) is 189 Å². The molecule has 0 bridgehead atoms. The summed E-state index contributed by atoms with van der Waals surface area (Å²) in [7, 11) is 1.26. The van der Waals surface area contributed by atoms with Crippen molar-refractivity contribution in [1.29, 1.82) is 0 Å². The first-order valence-corrected chi connectivity index (χ1v) is 14.7. The van der Waals surface area contributed by atoms with Gasteiger partial charge in [0, 0.05) is 22.5 Å². The van der Waals surface area contributed by atoms with Crippen molar-refractivity contribution in [2.45, 2.75) is 43.9 Å². The van der Waals surface area contributed by atoms with Crippen molar-refractivity contribution >= 4 is 75.4 Å². The maximum absolute atomic E-state index is 13.3. The zero-order chi connectivity index (χ0) is 29.2. The molecule has 3 N–H and O–H groups in total. The number of oxime groups is 1. The highest BCUT2D eigenvalue weighted by atomic mass is 32.2. The highest BCUT2D eigenvalue weighted by Crippen LogP contribution is 2.45. The smallest absolute Gasteiger partial charge is 0.358 e. The Morgan fingerprint density at radius 3 is 2.65 bits per heavy atom. The lowest BCUT2D eigenvalue weighted by Crippen LogP contribution is -2.71. The molecule has 2 amide bonds. The van der Waals surface area contributed by atoms with Gasteiger partial charge in [-0.15, -0.1) is 34.9 Å². The number of nitrogens with one attached hydrogen (secondary N) is 1. The van der Waals surface area contributed by atoms with Crippen molar-refractivity contribution < 1.29 is 43.0 Å². The third kappa shape index (κ3) is 6.20. The first kappa shape index (κ1) is 29.7. The molecule has 17 heteroatoms. The van der Waals surface area contributed by atoms with Gasteiger partial charge in [-0.2, -0.15) is 0 Å². The lowest BCUT2D eigenvalue weighted by atomic mass is 9.98. The molecule has 14 nitrogen and oxygen atoms in total. The fourth-order valence-corrected chi connectivity index (χ4v) is 6.98. The van der Waals surface area contributed by atoms with E-state index < -0.39 is 58.6 Å². The highest BCUT2D eigenvalue weighted by molar-refractivity contribution is 8.07. The summed E-state index contributed by atoms with van der Waals surface area (Å²) in [6.07, 6.45) is 0.446. The number of amides is 2. The molecule has 2 saturated heterocycles. The second kappa shape index (κ2) is 12.1. The number of anilines is 1. The molecule has 3 atom stereocenters. The monoisotopic (exact) mass is 613 g/mol. The van der Waals surface area contributed by atoms with Gasteiger partial charge in [-0.25, -0.2) is 9.78 Å². The van der Waals surface area contributed by atoms with E-state index >= 15 is 0 Å². The van der Waals surface area contributed by atoms with Crippen LogP contribution in [0.3, 0.4) is 0 Å². The Kier molecular flexibility index (Phi) is 8.94. The van der Waals surface area contributed by atoms with Gasteiger partial charge in [-0.05, 0) is 20.8 Å². The van der Waals surface area contributed by atoms with E-state index in [1.165, 1.54) is 29.2 Å². The third-order valence-electron chi connectivity index (χ3n) is 5.74. The quantitative estimate of drug-likeness (QED) is 0.131. The molecule has 0 saturated carbocycles. The molecule has 2 fully saturated rings. The van der Waals surface area contributed by atoms with Crippen molar-refractivity contribution in [1.82, 2.24) is 15.2 Å². The molecule has 4 heterocycles. The van der Waals surface area contributed by atoms with Gasteiger partial charge in [0.05, 0.1) is 12.0 Å². The Morgan fingerprint density at radius 1 is 1.30 bits per heavy atom. The van der Waals surface area contributed by atoms with E-state index in [9.17, 15) is 24.0 Å². The van der Waals surface area contributed by atoms with Crippen LogP contribution >= 0.6 is 34.9 Å². The molecule has 3 aliphatic rings. The molecule has 0 spiro atoms. The molecule has 216 valence electrons. The molecule has 40 heavy (non-hydrogen) atoms. The Morgan fingerprint density at radius 2 is 2.05 bits per heavy atom. The van der Waals surface area contributed by atoms with Crippen molar-refractivity contribution in [2.75, 3.05) is 32.0 Å². The molecule has 4 rings (SSSR count). The largest absolute Gasteiger partial charge is 0.465 e. The maximum Gasteiger partial charge on any atom is 0.358 e. The van der Waals surface area contributed by atoms with Crippen LogP contribution in [0, 0.1) is 5.41 Å². The van der Waals surface area contributed by atoms with Crippen LogP contribution in [0.5, 0.6) is 0 Å². The van der Waals surface area contributed by atoms with E-state index in [0.29, 0.717) is 11.3 Å². The van der Waals surface area contributed by atoms with Crippen LogP contribution in [0.15, 0.2) is 21.1 Å². The van der Waals surface area contributed by atoms with Gasteiger partial charge in [0.1, 0.15) is 35.2 Å². The number of nitrogens with two attached hydrogens (primary N) is 1. The highest BCUT2D eigenvalue weighted by Gasteiger charge is 2.55. The van der Waals surface area contributed by atoms with Crippen molar-refractivity contribution in [3.63, 3.8) is 0 Å². The van der Waals surface area contributed by atoms with Gasteiger partial charge in [-0.1, -0.05) is 5.16 Å². The van der Waals surface area contributed by atoms with Gasteiger partial charge in [-0.3, -0.25) is 24.1 Å². The second-order valence-corrected chi connectivity index (χ2v) is 12.9. The minimum atomic E-state index is -1.000. The van der Waals surface area contributed by atoms with Crippen LogP contribution in [0.4, 0.5) is 5.13 Å². The van der Waals surface area contributed by atoms with Gasteiger partial charge in [0.2, 0.25) is 6.79 Å². The van der Waals surface area contributed by atoms with E-state index in [0.717, 1.165) is 23.1 Å². The number of hydrogen-bond acceptors (Lipinski definition) is 15. The van der Waals surface area contributed by atoms with Crippen LogP contribution in [-0.2, 0) is 43.0 Å². The number of β-lactam (4-membered cyclic amide) rings is 1. The van der Waals surface area contributed by atoms with Crippen LogP contribution in [0.2, 0.25) is 0 Å². The molecule has 1 aromatic heterocycles. The fraction of sp³-hybridized carbons (Fsp3) is 0.522. The molecular weight excluding hydrogens is 586 g/mol. The summed E-state index contributed by atoms with van der Waals surface area (Å²) in [5.74, 6) is -2.94. The number of aromatic nitrogens is 1. The van der Waals surface area contributed by atoms with Gasteiger partial charge >= 0.3 is 17.9 Å². The summed E-state index contributed by atoms with van der Waals surface area (Å²) in [6.45, 7) is 4.55. The summed E-state index contributed by atoms with van der Waals surface area (Å²) in [5, 5.41) is 6.90. The van der Waals surface area contributed by atoms with Gasteiger partial charge in [0.15, 0.2) is 10.8 Å². The number of nitrogens with zero attached hydrogens (tertiary/aromatic N) is 3. The Hall–Kier alpha value is -3.31. The second-order valence-electron chi connectivity index (χ2n) is 9.62. The normalized spacial score (nSPS) is 22.8. The summed E-state index contributed by atoms with van der Waals surface area (Å²) < 4.78 is 15.3. The number of rotatable bonds is 9. The minimum Gasteiger partial charge on any atom is -0.465 e. The number of ether oxygens (including phenoxy) is 3. The van der Waals surface area contributed by atoms with Gasteiger partial charge in [0.25, 0.3) is 11.8 Å². The van der Waals surface area contributed by atoms with Crippen LogP contribution in [0.25, 0.3) is 0 Å². The van der Waals surface area contributed by atoms with Crippen molar-refractivity contribution in [3.8, 4) is 0 Å². The number of carbonyl (C=O) groups is 5. The number of cyclic esters (lactones) is 1. The number of thioether (sulfide) groups is 2. The Bertz CT molecular complexity index is 1290. The summed E-state index contributed by atoms with van der Waals surface area (Å²) in [6, 6.07) is -1.000. The van der Waals surface area contributed by atoms with E-state index in [-0.39, 0.29) is 34.6 Å². The average molecular weight is 614 g/mol. The van der Waals surface area contributed by atoms with E-state index in [4.69, 9.17) is 24.8 Å². The zero-order valence-corrected chi connectivity index (χ0v) is 24.4. The van der Waals surface area contributed by atoms with Gasteiger partial charge < -0.3 is 30.1 Å². The van der Waals surface area contributed by atoms with E-state index in [1.54, 1.807) is 20.8 Å². The molecule has 0 aliphatic carbocycles. The summed E-state index contributed by atoms with van der Waals surface area (Å²) in [5.41, 5.74) is 4.79. The summed E-state index contributed by atoms with van der Waals surface area (Å²) >= 11 is 3.53.